The Morgan fingerprint density at radius 1 is 0.818 bits per heavy atom. The Kier molecular flexibility index (Phi) is 10.1. The van der Waals surface area contributed by atoms with Gasteiger partial charge in [0.25, 0.3) is 0 Å². The van der Waals surface area contributed by atoms with E-state index in [9.17, 15) is 8.39 Å². The molecule has 66 valence electrons. The molecule has 0 heterocycles. The molecule has 11 heteroatoms. The molecule has 0 atom stereocenters. The molecule has 0 saturated carbocycles. The van der Waals surface area contributed by atoms with Crippen LogP contribution in [0.25, 0.3) is 0 Å². The van der Waals surface area contributed by atoms with E-state index in [4.69, 9.17) is 28.7 Å². The number of hydrogen-bond acceptors (Lipinski definition) is 2. The molecule has 0 aromatic rings. The molecule has 0 spiro atoms. The van der Waals surface area contributed by atoms with Crippen molar-refractivity contribution in [1.29, 1.82) is 0 Å². The van der Waals surface area contributed by atoms with Crippen LogP contribution in [-0.2, 0) is 9.13 Å². The van der Waals surface area contributed by atoms with Gasteiger partial charge < -0.3 is 0 Å². The maximum atomic E-state index is 10.4. The summed E-state index contributed by atoms with van der Waals surface area (Å²) < 4.78 is 38.0. The topological polar surface area (TPSA) is 115 Å². The second kappa shape index (κ2) is 6.29. The van der Waals surface area contributed by atoms with E-state index in [1.54, 1.807) is 0 Å². The van der Waals surface area contributed by atoms with Gasteiger partial charge in [-0.05, 0) is 0 Å². The molecule has 6 nitrogen and oxygen atoms in total. The summed E-state index contributed by atoms with van der Waals surface area (Å²) in [6.45, 7) is 0. The molecule has 0 bridgehead atoms. The van der Waals surface area contributed by atoms with E-state index in [-0.39, 0.29) is 18.9 Å². The van der Waals surface area contributed by atoms with Gasteiger partial charge in [0, 0.05) is 0 Å². The van der Waals surface area contributed by atoms with Crippen LogP contribution in [0.2, 0.25) is 0 Å². The Labute approximate surface area is 72.4 Å². The van der Waals surface area contributed by atoms with Gasteiger partial charge in [-0.2, -0.15) is 0 Å². The first-order valence-electron chi connectivity index (χ1n) is 1.50. The summed E-state index contributed by atoms with van der Waals surface area (Å²) in [7, 11) is -10.3. The molecule has 0 rings (SSSR count). The van der Waals surface area contributed by atoms with Crippen molar-refractivity contribution < 1.29 is 37.1 Å². The molecule has 11 heavy (non-hydrogen) atoms. The second-order valence-corrected chi connectivity index (χ2v) is 2.84. The summed E-state index contributed by atoms with van der Waals surface area (Å²) in [6, 6.07) is 0. The third kappa shape index (κ3) is 1440. The molecule has 0 unspecified atom stereocenters. The summed E-state index contributed by atoms with van der Waals surface area (Å²) in [5.74, 6) is 0. The van der Waals surface area contributed by atoms with Crippen LogP contribution < -0.4 is 0 Å². The zero-order valence-electron chi connectivity index (χ0n) is 4.26. The molecule has 0 aromatic heterocycles. The van der Waals surface area contributed by atoms with Crippen molar-refractivity contribution in [1.82, 2.24) is 0 Å². The van der Waals surface area contributed by atoms with Gasteiger partial charge in [0.1, 0.15) is 0 Å². The van der Waals surface area contributed by atoms with E-state index in [1.165, 1.54) is 0 Å². The zero-order chi connectivity index (χ0) is 9.00. The van der Waals surface area contributed by atoms with Crippen molar-refractivity contribution in [2.24, 2.45) is 0 Å². The fraction of sp³-hybridized carbons (Fsp3) is 0. The van der Waals surface area contributed by atoms with Crippen molar-refractivity contribution in [3.05, 3.63) is 0 Å². The van der Waals surface area contributed by atoms with Gasteiger partial charge in [0.05, 0.1) is 0 Å². The minimum atomic E-state index is -5.14. The van der Waals surface area contributed by atoms with Crippen molar-refractivity contribution in [3.63, 3.8) is 0 Å². The average Bonchev–Trinajstić information content (AvgIpc) is 1.12. The third-order valence-electron chi connectivity index (χ3n) is 0. The average molecular weight is 208 g/mol. The number of rotatable bonds is 0. The third-order valence-corrected chi connectivity index (χ3v) is 0. The minimum absolute atomic E-state index is 0. The Hall–Kier alpha value is 0.757. The monoisotopic (exact) mass is 208 g/mol. The van der Waals surface area contributed by atoms with E-state index < -0.39 is 15.8 Å². The Morgan fingerprint density at radius 2 is 0.818 bits per heavy atom. The first-order valence-corrected chi connectivity index (χ1v) is 4.51. The van der Waals surface area contributed by atoms with Crippen LogP contribution in [0.3, 0.4) is 0 Å². The van der Waals surface area contributed by atoms with E-state index >= 15 is 0 Å². The fourth-order valence-electron chi connectivity index (χ4n) is 0. The standard InChI is InChI=1S/2FH2O3P.Li.H/c2*1-5(2,3)4;;/h2*(H2,2,3,4);;. The van der Waals surface area contributed by atoms with Crippen LogP contribution in [0.4, 0.5) is 8.39 Å². The summed E-state index contributed by atoms with van der Waals surface area (Å²) >= 11 is 0. The maximum absolute atomic E-state index is 10.4. The van der Waals surface area contributed by atoms with Gasteiger partial charge in [0.2, 0.25) is 0 Å². The molecule has 0 aliphatic carbocycles. The van der Waals surface area contributed by atoms with Gasteiger partial charge in [-0.3, -0.25) is 19.6 Å². The first kappa shape index (κ1) is 17.7. The van der Waals surface area contributed by atoms with Crippen molar-refractivity contribution in [2.45, 2.75) is 0 Å². The SMILES string of the molecule is O=P(O)(O)F.O=P(O)(O)F.[LiH]. The zero-order valence-corrected chi connectivity index (χ0v) is 6.04. The van der Waals surface area contributed by atoms with Crippen molar-refractivity contribution >= 4 is 34.7 Å². The van der Waals surface area contributed by atoms with E-state index in [1.807, 2.05) is 0 Å². The number of hydrogen-bond donors (Lipinski definition) is 4. The quantitative estimate of drug-likeness (QED) is 0.313. The van der Waals surface area contributed by atoms with E-state index in [2.05, 4.69) is 0 Å². The normalized spacial score (nSPS) is 10.7. The molecule has 0 aliphatic rings. The fourth-order valence-corrected chi connectivity index (χ4v) is 0. The summed E-state index contributed by atoms with van der Waals surface area (Å²) in [4.78, 5) is 27.9. The van der Waals surface area contributed by atoms with Crippen molar-refractivity contribution in [3.8, 4) is 0 Å². The molecule has 0 aromatic carbocycles. The van der Waals surface area contributed by atoms with Crippen LogP contribution in [-0.4, -0.2) is 38.4 Å². The number of halogens is 2. The second-order valence-electron chi connectivity index (χ2n) is 0.946. The Morgan fingerprint density at radius 3 is 0.818 bits per heavy atom. The van der Waals surface area contributed by atoms with Gasteiger partial charge in [-0.25, -0.2) is 9.13 Å². The van der Waals surface area contributed by atoms with Gasteiger partial charge in [-0.15, -0.1) is 8.39 Å². The molecule has 0 saturated heterocycles. The van der Waals surface area contributed by atoms with E-state index in [0.29, 0.717) is 0 Å². The molecular formula is H5F2LiO6P2. The van der Waals surface area contributed by atoms with Crippen LogP contribution in [0, 0.1) is 0 Å². The molecule has 0 amide bonds. The molecule has 0 radical (unpaired) electrons. The molecule has 0 aliphatic heterocycles. The Bertz CT molecular complexity index is 131. The summed E-state index contributed by atoms with van der Waals surface area (Å²) in [6.07, 6.45) is 0. The van der Waals surface area contributed by atoms with Crippen LogP contribution in [0.1, 0.15) is 0 Å². The van der Waals surface area contributed by atoms with Crippen LogP contribution >= 0.6 is 15.8 Å². The molecular weight excluding hydrogens is 203 g/mol. The van der Waals surface area contributed by atoms with Crippen LogP contribution in [0.5, 0.6) is 0 Å². The predicted molar refractivity (Wildman–Crippen MR) is 33.5 cm³/mol. The van der Waals surface area contributed by atoms with Gasteiger partial charge >= 0.3 is 34.7 Å². The first-order chi connectivity index (χ1) is 4.00. The van der Waals surface area contributed by atoms with E-state index in [0.717, 1.165) is 0 Å². The van der Waals surface area contributed by atoms with Crippen molar-refractivity contribution in [2.75, 3.05) is 0 Å². The van der Waals surface area contributed by atoms with Gasteiger partial charge in [0.15, 0.2) is 0 Å². The molecule has 0 fully saturated rings. The predicted octanol–water partition coefficient (Wildman–Crippen LogP) is -0.551. The molecule has 4 N–H and O–H groups in total. The van der Waals surface area contributed by atoms with Crippen LogP contribution in [0.15, 0.2) is 0 Å². The summed E-state index contributed by atoms with van der Waals surface area (Å²) in [5, 5.41) is 0. The van der Waals surface area contributed by atoms with Gasteiger partial charge in [-0.1, -0.05) is 0 Å². The Balaban J connectivity index is -0.000000107. The summed E-state index contributed by atoms with van der Waals surface area (Å²) in [5.41, 5.74) is 0.